The lowest BCUT2D eigenvalue weighted by Crippen LogP contribution is -2.36. The highest BCUT2D eigenvalue weighted by molar-refractivity contribution is 5.35. The van der Waals surface area contributed by atoms with Crippen molar-refractivity contribution >= 4 is 5.69 Å². The Morgan fingerprint density at radius 1 is 1.56 bits per heavy atom. The summed E-state index contributed by atoms with van der Waals surface area (Å²) in [6.45, 7) is 2.84. The van der Waals surface area contributed by atoms with Gasteiger partial charge in [-0.1, -0.05) is 12.1 Å². The molecule has 5 nitrogen and oxygen atoms in total. The molecule has 0 saturated heterocycles. The Bertz CT molecular complexity index is 430. The average molecular weight is 250 g/mol. The molecule has 0 bridgehead atoms. The minimum Gasteiger partial charge on any atom is -0.393 e. The lowest BCUT2D eigenvalue weighted by Gasteiger charge is -2.32. The lowest BCUT2D eigenvalue weighted by atomic mass is 9.82. The predicted octanol–water partition coefficient (Wildman–Crippen LogP) is 2.02. The van der Waals surface area contributed by atoms with Gasteiger partial charge in [-0.2, -0.15) is 0 Å². The Balaban J connectivity index is 1.89. The van der Waals surface area contributed by atoms with Crippen molar-refractivity contribution < 1.29 is 10.0 Å². The van der Waals surface area contributed by atoms with Crippen molar-refractivity contribution in [3.8, 4) is 0 Å². The third-order valence-corrected chi connectivity index (χ3v) is 3.50. The van der Waals surface area contributed by atoms with E-state index in [0.717, 1.165) is 24.9 Å². The van der Waals surface area contributed by atoms with E-state index in [4.69, 9.17) is 0 Å². The van der Waals surface area contributed by atoms with E-state index >= 15 is 0 Å². The SMILES string of the molecule is CC(NCC1CC(O)C1)c1cccc([N+](=O)[O-])c1. The molecule has 1 aliphatic carbocycles. The number of nitro benzene ring substituents is 1. The van der Waals surface area contributed by atoms with Crippen LogP contribution in [0, 0.1) is 16.0 Å². The van der Waals surface area contributed by atoms with Crippen molar-refractivity contribution in [1.82, 2.24) is 5.32 Å². The number of nitrogens with zero attached hydrogens (tertiary/aromatic N) is 1. The summed E-state index contributed by atoms with van der Waals surface area (Å²) >= 11 is 0. The van der Waals surface area contributed by atoms with E-state index in [9.17, 15) is 15.2 Å². The molecule has 1 aromatic rings. The first kappa shape index (κ1) is 13.0. The van der Waals surface area contributed by atoms with Gasteiger partial charge in [-0.05, 0) is 37.8 Å². The molecule has 1 aromatic carbocycles. The monoisotopic (exact) mass is 250 g/mol. The van der Waals surface area contributed by atoms with Crippen LogP contribution in [-0.2, 0) is 0 Å². The van der Waals surface area contributed by atoms with Crippen LogP contribution in [0.25, 0.3) is 0 Å². The summed E-state index contributed by atoms with van der Waals surface area (Å²) in [5.74, 6) is 0.529. The van der Waals surface area contributed by atoms with Gasteiger partial charge in [0.15, 0.2) is 0 Å². The molecule has 2 N–H and O–H groups in total. The molecule has 0 aliphatic heterocycles. The maximum absolute atomic E-state index is 10.7. The summed E-state index contributed by atoms with van der Waals surface area (Å²) in [5.41, 5.74) is 1.05. The van der Waals surface area contributed by atoms with Crippen molar-refractivity contribution in [1.29, 1.82) is 0 Å². The van der Waals surface area contributed by atoms with Crippen LogP contribution < -0.4 is 5.32 Å². The number of hydrogen-bond donors (Lipinski definition) is 2. The molecule has 0 spiro atoms. The number of benzene rings is 1. The van der Waals surface area contributed by atoms with Gasteiger partial charge in [-0.3, -0.25) is 10.1 Å². The van der Waals surface area contributed by atoms with Crippen molar-refractivity contribution in [2.45, 2.75) is 31.9 Å². The molecule has 5 heteroatoms. The smallest absolute Gasteiger partial charge is 0.269 e. The highest BCUT2D eigenvalue weighted by Gasteiger charge is 2.27. The first-order valence-corrected chi connectivity index (χ1v) is 6.22. The fourth-order valence-corrected chi connectivity index (χ4v) is 2.24. The van der Waals surface area contributed by atoms with Crippen LogP contribution in [-0.4, -0.2) is 22.7 Å². The summed E-state index contributed by atoms with van der Waals surface area (Å²) in [5, 5.41) is 23.2. The van der Waals surface area contributed by atoms with Gasteiger partial charge in [0.1, 0.15) is 0 Å². The van der Waals surface area contributed by atoms with Crippen LogP contribution in [0.1, 0.15) is 31.4 Å². The van der Waals surface area contributed by atoms with Gasteiger partial charge in [0.25, 0.3) is 5.69 Å². The van der Waals surface area contributed by atoms with Gasteiger partial charge in [-0.25, -0.2) is 0 Å². The maximum Gasteiger partial charge on any atom is 0.269 e. The van der Waals surface area contributed by atoms with E-state index in [-0.39, 0.29) is 22.8 Å². The van der Waals surface area contributed by atoms with Crippen LogP contribution in [0.5, 0.6) is 0 Å². The number of aliphatic hydroxyl groups is 1. The fraction of sp³-hybridized carbons (Fsp3) is 0.538. The van der Waals surface area contributed by atoms with E-state index in [1.54, 1.807) is 12.1 Å². The second-order valence-corrected chi connectivity index (χ2v) is 4.97. The Morgan fingerprint density at radius 3 is 2.89 bits per heavy atom. The Morgan fingerprint density at radius 2 is 2.28 bits per heavy atom. The van der Waals surface area contributed by atoms with Gasteiger partial charge >= 0.3 is 0 Å². The summed E-state index contributed by atoms with van der Waals surface area (Å²) in [6, 6.07) is 6.79. The molecule has 1 unspecified atom stereocenters. The summed E-state index contributed by atoms with van der Waals surface area (Å²) < 4.78 is 0. The van der Waals surface area contributed by atoms with Gasteiger partial charge < -0.3 is 10.4 Å². The highest BCUT2D eigenvalue weighted by Crippen LogP contribution is 2.27. The molecule has 2 rings (SSSR count). The molecule has 0 aromatic heterocycles. The Hall–Kier alpha value is -1.46. The number of hydrogen-bond acceptors (Lipinski definition) is 4. The van der Waals surface area contributed by atoms with E-state index < -0.39 is 0 Å². The summed E-state index contributed by atoms with van der Waals surface area (Å²) in [6.07, 6.45) is 1.58. The maximum atomic E-state index is 10.7. The van der Waals surface area contributed by atoms with Crippen molar-refractivity contribution in [3.05, 3.63) is 39.9 Å². The van der Waals surface area contributed by atoms with Crippen LogP contribution in [0.3, 0.4) is 0 Å². The lowest BCUT2D eigenvalue weighted by molar-refractivity contribution is -0.384. The van der Waals surface area contributed by atoms with E-state index in [2.05, 4.69) is 5.32 Å². The first-order chi connectivity index (χ1) is 8.56. The Labute approximate surface area is 106 Å². The van der Waals surface area contributed by atoms with Crippen LogP contribution in [0.15, 0.2) is 24.3 Å². The molecular weight excluding hydrogens is 232 g/mol. The third-order valence-electron chi connectivity index (χ3n) is 3.50. The standard InChI is InChI=1S/C13H18N2O3/c1-9(14-8-10-5-13(16)6-10)11-3-2-4-12(7-11)15(17)18/h2-4,7,9-10,13-14,16H,5-6,8H2,1H3. The number of nitro groups is 1. The predicted molar refractivity (Wildman–Crippen MR) is 68.2 cm³/mol. The second-order valence-electron chi connectivity index (χ2n) is 4.97. The normalized spacial score (nSPS) is 24.3. The zero-order valence-electron chi connectivity index (χ0n) is 10.4. The largest absolute Gasteiger partial charge is 0.393 e. The molecule has 0 amide bonds. The van der Waals surface area contributed by atoms with Crippen molar-refractivity contribution in [2.75, 3.05) is 6.54 Å². The molecule has 1 fully saturated rings. The summed E-state index contributed by atoms with van der Waals surface area (Å²) in [4.78, 5) is 10.3. The summed E-state index contributed by atoms with van der Waals surface area (Å²) in [7, 11) is 0. The van der Waals surface area contributed by atoms with Crippen molar-refractivity contribution in [2.24, 2.45) is 5.92 Å². The number of rotatable bonds is 5. The molecule has 0 radical (unpaired) electrons. The van der Waals surface area contributed by atoms with E-state index in [0.29, 0.717) is 5.92 Å². The zero-order chi connectivity index (χ0) is 13.1. The highest BCUT2D eigenvalue weighted by atomic mass is 16.6. The topological polar surface area (TPSA) is 75.4 Å². The van der Waals surface area contributed by atoms with Gasteiger partial charge in [0, 0.05) is 18.2 Å². The van der Waals surface area contributed by atoms with Gasteiger partial charge in [-0.15, -0.1) is 0 Å². The zero-order valence-corrected chi connectivity index (χ0v) is 10.4. The third kappa shape index (κ3) is 3.05. The second kappa shape index (κ2) is 5.46. The van der Waals surface area contributed by atoms with E-state index in [1.807, 2.05) is 13.0 Å². The Kier molecular flexibility index (Phi) is 3.93. The van der Waals surface area contributed by atoms with Crippen molar-refractivity contribution in [3.63, 3.8) is 0 Å². The molecule has 0 heterocycles. The average Bonchev–Trinajstić information content (AvgIpc) is 2.33. The molecule has 1 saturated carbocycles. The molecular formula is C13H18N2O3. The number of non-ortho nitro benzene ring substituents is 1. The van der Waals surface area contributed by atoms with Crippen LogP contribution in [0.4, 0.5) is 5.69 Å². The number of aliphatic hydroxyl groups excluding tert-OH is 1. The minimum absolute atomic E-state index is 0.0858. The molecule has 1 atom stereocenters. The molecule has 1 aliphatic rings. The van der Waals surface area contributed by atoms with Crippen LogP contribution in [0.2, 0.25) is 0 Å². The van der Waals surface area contributed by atoms with Gasteiger partial charge in [0.05, 0.1) is 11.0 Å². The van der Waals surface area contributed by atoms with Gasteiger partial charge in [0.2, 0.25) is 0 Å². The molecule has 98 valence electrons. The minimum atomic E-state index is -0.376. The fourth-order valence-electron chi connectivity index (χ4n) is 2.24. The quantitative estimate of drug-likeness (QED) is 0.619. The van der Waals surface area contributed by atoms with Crippen LogP contribution >= 0.6 is 0 Å². The first-order valence-electron chi connectivity index (χ1n) is 6.22. The number of nitrogens with one attached hydrogen (secondary N) is 1. The van der Waals surface area contributed by atoms with E-state index in [1.165, 1.54) is 6.07 Å². The molecule has 18 heavy (non-hydrogen) atoms.